The van der Waals surface area contributed by atoms with Crippen molar-refractivity contribution in [3.05, 3.63) is 29.8 Å². The van der Waals surface area contributed by atoms with E-state index in [0.717, 1.165) is 24.8 Å². The van der Waals surface area contributed by atoms with Gasteiger partial charge in [-0.1, -0.05) is 18.6 Å². The fourth-order valence-electron chi connectivity index (χ4n) is 2.15. The lowest BCUT2D eigenvalue weighted by Crippen LogP contribution is -2.40. The molecular formula is C12H14O2. The fourth-order valence-corrected chi connectivity index (χ4v) is 2.15. The molecule has 1 N–H and O–H groups in total. The van der Waals surface area contributed by atoms with Gasteiger partial charge in [0.05, 0.1) is 5.41 Å². The Morgan fingerprint density at radius 3 is 2.21 bits per heavy atom. The second-order valence-corrected chi connectivity index (χ2v) is 4.04. The number of Topliss-reactive ketones (excluding diaryl/α,β-unsaturated/α-hetero) is 1. The highest BCUT2D eigenvalue weighted by molar-refractivity contribution is 5.89. The van der Waals surface area contributed by atoms with E-state index in [1.165, 1.54) is 0 Å². The number of hydrogen-bond donors (Lipinski definition) is 1. The van der Waals surface area contributed by atoms with E-state index in [1.807, 2.05) is 12.1 Å². The zero-order chi connectivity index (χ0) is 10.2. The van der Waals surface area contributed by atoms with Gasteiger partial charge in [-0.15, -0.1) is 0 Å². The number of phenolic OH excluding ortho intramolecular Hbond substituents is 1. The Bertz CT molecular complexity index is 347. The summed E-state index contributed by atoms with van der Waals surface area (Å²) in [4.78, 5) is 11.6. The van der Waals surface area contributed by atoms with E-state index < -0.39 is 0 Å². The third-order valence-electron chi connectivity index (χ3n) is 3.30. The van der Waals surface area contributed by atoms with E-state index in [0.29, 0.717) is 0 Å². The lowest BCUT2D eigenvalue weighted by atomic mass is 9.62. The minimum Gasteiger partial charge on any atom is -0.508 e. The van der Waals surface area contributed by atoms with Crippen LogP contribution < -0.4 is 0 Å². The van der Waals surface area contributed by atoms with Gasteiger partial charge in [0.25, 0.3) is 0 Å². The molecule has 1 aromatic rings. The smallest absolute Gasteiger partial charge is 0.140 e. The number of ketones is 1. The summed E-state index contributed by atoms with van der Waals surface area (Å²) in [6, 6.07) is 7.02. The molecule has 0 saturated heterocycles. The molecule has 74 valence electrons. The predicted octanol–water partition coefficient (Wildman–Crippen LogP) is 2.40. The van der Waals surface area contributed by atoms with Crippen LogP contribution in [0.15, 0.2) is 24.3 Å². The van der Waals surface area contributed by atoms with Crippen LogP contribution in [0.1, 0.15) is 31.7 Å². The monoisotopic (exact) mass is 190 g/mol. The number of benzene rings is 1. The van der Waals surface area contributed by atoms with Gasteiger partial charge in [0.15, 0.2) is 0 Å². The molecule has 2 rings (SSSR count). The molecule has 0 unspecified atom stereocenters. The molecule has 0 heterocycles. The van der Waals surface area contributed by atoms with Crippen molar-refractivity contribution < 1.29 is 9.90 Å². The van der Waals surface area contributed by atoms with Crippen molar-refractivity contribution in [2.75, 3.05) is 0 Å². The second kappa shape index (κ2) is 3.12. The van der Waals surface area contributed by atoms with Crippen LogP contribution in [0.5, 0.6) is 5.75 Å². The molecule has 1 aliphatic rings. The van der Waals surface area contributed by atoms with Crippen molar-refractivity contribution in [1.82, 2.24) is 0 Å². The molecule has 1 aromatic carbocycles. The van der Waals surface area contributed by atoms with Gasteiger partial charge >= 0.3 is 0 Å². The third-order valence-corrected chi connectivity index (χ3v) is 3.30. The molecule has 1 fully saturated rings. The van der Waals surface area contributed by atoms with Crippen molar-refractivity contribution in [3.8, 4) is 5.75 Å². The highest BCUT2D eigenvalue weighted by atomic mass is 16.3. The molecule has 0 spiro atoms. The van der Waals surface area contributed by atoms with Gasteiger partial charge in [-0.05, 0) is 37.5 Å². The fraction of sp³-hybridized carbons (Fsp3) is 0.417. The van der Waals surface area contributed by atoms with Gasteiger partial charge in [-0.2, -0.15) is 0 Å². The first-order chi connectivity index (χ1) is 6.65. The van der Waals surface area contributed by atoms with Gasteiger partial charge in [-0.25, -0.2) is 0 Å². The van der Waals surface area contributed by atoms with Crippen molar-refractivity contribution in [3.63, 3.8) is 0 Å². The first kappa shape index (κ1) is 9.25. The van der Waals surface area contributed by atoms with Gasteiger partial charge in [0.1, 0.15) is 11.5 Å². The molecule has 2 heteroatoms. The first-order valence-electron chi connectivity index (χ1n) is 4.96. The Labute approximate surface area is 83.6 Å². The molecule has 1 aliphatic carbocycles. The van der Waals surface area contributed by atoms with E-state index in [-0.39, 0.29) is 16.9 Å². The minimum atomic E-state index is -0.242. The van der Waals surface area contributed by atoms with Crippen LogP contribution in [0, 0.1) is 0 Å². The van der Waals surface area contributed by atoms with Crippen molar-refractivity contribution in [1.29, 1.82) is 0 Å². The summed E-state index contributed by atoms with van der Waals surface area (Å²) in [7, 11) is 0. The Hall–Kier alpha value is -1.31. The maximum absolute atomic E-state index is 11.6. The number of phenols is 1. The van der Waals surface area contributed by atoms with E-state index in [2.05, 4.69) is 0 Å². The summed E-state index contributed by atoms with van der Waals surface area (Å²) in [6.45, 7) is 1.66. The van der Waals surface area contributed by atoms with Gasteiger partial charge in [-0.3, -0.25) is 4.79 Å². The average molecular weight is 190 g/mol. The SMILES string of the molecule is CC(=O)C1(c2ccc(O)cc2)CCC1. The summed E-state index contributed by atoms with van der Waals surface area (Å²) >= 11 is 0. The van der Waals surface area contributed by atoms with E-state index >= 15 is 0 Å². The standard InChI is InChI=1S/C12H14O2/c1-9(13)12(7-2-8-12)10-3-5-11(14)6-4-10/h3-6,14H,2,7-8H2,1H3. The summed E-state index contributed by atoms with van der Waals surface area (Å²) < 4.78 is 0. The summed E-state index contributed by atoms with van der Waals surface area (Å²) in [5.41, 5.74) is 0.808. The highest BCUT2D eigenvalue weighted by Crippen LogP contribution is 2.44. The quantitative estimate of drug-likeness (QED) is 0.777. The van der Waals surface area contributed by atoms with Crippen LogP contribution in [0.25, 0.3) is 0 Å². The predicted molar refractivity (Wildman–Crippen MR) is 54.3 cm³/mol. The van der Waals surface area contributed by atoms with E-state index in [4.69, 9.17) is 5.11 Å². The number of carbonyl (C=O) groups is 1. The number of aromatic hydroxyl groups is 1. The highest BCUT2D eigenvalue weighted by Gasteiger charge is 2.42. The zero-order valence-corrected chi connectivity index (χ0v) is 8.29. The van der Waals surface area contributed by atoms with Crippen LogP contribution in [-0.4, -0.2) is 10.9 Å². The maximum atomic E-state index is 11.6. The normalized spacial score (nSPS) is 18.6. The summed E-state index contributed by atoms with van der Waals surface area (Å²) in [5.74, 6) is 0.501. The molecule has 0 atom stereocenters. The van der Waals surface area contributed by atoms with Crippen LogP contribution >= 0.6 is 0 Å². The molecule has 0 amide bonds. The van der Waals surface area contributed by atoms with Gasteiger partial charge < -0.3 is 5.11 Å². The lowest BCUT2D eigenvalue weighted by molar-refractivity contribution is -0.125. The minimum absolute atomic E-state index is 0.242. The Morgan fingerprint density at radius 2 is 1.86 bits per heavy atom. The Morgan fingerprint density at radius 1 is 1.29 bits per heavy atom. The van der Waals surface area contributed by atoms with Crippen LogP contribution in [0.4, 0.5) is 0 Å². The maximum Gasteiger partial charge on any atom is 0.140 e. The van der Waals surface area contributed by atoms with Crippen molar-refractivity contribution >= 4 is 5.78 Å². The van der Waals surface area contributed by atoms with E-state index in [9.17, 15) is 4.79 Å². The Balaban J connectivity index is 2.37. The van der Waals surface area contributed by atoms with Crippen LogP contribution in [0.2, 0.25) is 0 Å². The van der Waals surface area contributed by atoms with Crippen LogP contribution in [-0.2, 0) is 10.2 Å². The summed E-state index contributed by atoms with van der Waals surface area (Å²) in [5, 5.41) is 9.17. The van der Waals surface area contributed by atoms with Crippen molar-refractivity contribution in [2.45, 2.75) is 31.6 Å². The third kappa shape index (κ3) is 1.22. The lowest BCUT2D eigenvalue weighted by Gasteiger charge is -2.40. The van der Waals surface area contributed by atoms with E-state index in [1.54, 1.807) is 19.1 Å². The van der Waals surface area contributed by atoms with Gasteiger partial charge in [0.2, 0.25) is 0 Å². The summed E-state index contributed by atoms with van der Waals surface area (Å²) in [6.07, 6.45) is 3.03. The first-order valence-corrected chi connectivity index (χ1v) is 4.96. The molecule has 14 heavy (non-hydrogen) atoms. The molecule has 0 bridgehead atoms. The topological polar surface area (TPSA) is 37.3 Å². The van der Waals surface area contributed by atoms with Gasteiger partial charge in [0, 0.05) is 0 Å². The molecule has 0 aliphatic heterocycles. The molecule has 0 aromatic heterocycles. The number of hydrogen-bond acceptors (Lipinski definition) is 2. The largest absolute Gasteiger partial charge is 0.508 e. The van der Waals surface area contributed by atoms with Crippen molar-refractivity contribution in [2.24, 2.45) is 0 Å². The zero-order valence-electron chi connectivity index (χ0n) is 8.29. The number of carbonyl (C=O) groups excluding carboxylic acids is 1. The second-order valence-electron chi connectivity index (χ2n) is 4.04. The molecule has 1 saturated carbocycles. The molecule has 2 nitrogen and oxygen atoms in total. The Kier molecular flexibility index (Phi) is 2.06. The van der Waals surface area contributed by atoms with Crippen LogP contribution in [0.3, 0.4) is 0 Å². The number of rotatable bonds is 2. The molecular weight excluding hydrogens is 176 g/mol. The average Bonchev–Trinajstić information content (AvgIpc) is 2.05. The molecule has 0 radical (unpaired) electrons.